The van der Waals surface area contributed by atoms with E-state index in [1.165, 1.54) is 0 Å². The molecule has 0 saturated carbocycles. The molecule has 0 bridgehead atoms. The van der Waals surface area contributed by atoms with Gasteiger partial charge in [0.25, 0.3) is 11.8 Å². The fourth-order valence-electron chi connectivity index (χ4n) is 5.95. The van der Waals surface area contributed by atoms with Gasteiger partial charge >= 0.3 is 0 Å². The van der Waals surface area contributed by atoms with Gasteiger partial charge in [-0.15, -0.1) is 0 Å². The number of aromatic amines is 1. The molecule has 3 aromatic carbocycles. The molecule has 0 atom stereocenters. The van der Waals surface area contributed by atoms with E-state index in [9.17, 15) is 9.59 Å². The topological polar surface area (TPSA) is 109 Å². The minimum atomic E-state index is -0.124. The number of hydrogen-bond donors (Lipinski definition) is 2. The van der Waals surface area contributed by atoms with Crippen molar-refractivity contribution in [2.75, 3.05) is 62.5 Å². The van der Waals surface area contributed by atoms with E-state index in [4.69, 9.17) is 19.2 Å². The first-order chi connectivity index (χ1) is 21.1. The molecule has 2 saturated heterocycles. The number of ether oxygens (including phenoxy) is 3. The Morgan fingerprint density at radius 1 is 0.953 bits per heavy atom. The van der Waals surface area contributed by atoms with Gasteiger partial charge in [-0.1, -0.05) is 0 Å². The number of carbonyl (C=O) groups excluding carboxylic acids is 2. The first-order valence-electron chi connectivity index (χ1n) is 15.0. The first-order valence-corrected chi connectivity index (χ1v) is 15.0. The second-order valence-corrected chi connectivity index (χ2v) is 11.3. The van der Waals surface area contributed by atoms with Crippen molar-refractivity contribution >= 4 is 34.2 Å². The lowest BCUT2D eigenvalue weighted by molar-refractivity contribution is -0.123. The molecule has 7 rings (SSSR count). The molecule has 0 spiro atoms. The van der Waals surface area contributed by atoms with Crippen molar-refractivity contribution in [2.45, 2.75) is 19.4 Å². The van der Waals surface area contributed by atoms with Crippen LogP contribution in [0.4, 0.5) is 11.4 Å². The Kier molecular flexibility index (Phi) is 7.69. The summed E-state index contributed by atoms with van der Waals surface area (Å²) in [6, 6.07) is 19.5. The van der Waals surface area contributed by atoms with Crippen molar-refractivity contribution in [3.05, 3.63) is 71.8 Å². The average Bonchev–Trinajstić information content (AvgIpc) is 3.64. The lowest BCUT2D eigenvalue weighted by Crippen LogP contribution is -2.36. The SMILES string of the molecule is O=C(COc1ccc(-c2nc3ccc(N4Cc5cc(N6CCOCC6)ccc5C4=O)cc3[nH]2)cc1)NCC1CCOCC1. The van der Waals surface area contributed by atoms with Crippen LogP contribution in [0.1, 0.15) is 28.8 Å². The number of carbonyl (C=O) groups is 2. The molecule has 10 heteroatoms. The van der Waals surface area contributed by atoms with E-state index in [0.717, 1.165) is 97.3 Å². The summed E-state index contributed by atoms with van der Waals surface area (Å²) in [6.45, 7) is 5.87. The Bertz CT molecular complexity index is 1620. The van der Waals surface area contributed by atoms with E-state index in [2.05, 4.69) is 21.3 Å². The number of benzene rings is 3. The number of nitrogens with one attached hydrogen (secondary N) is 2. The van der Waals surface area contributed by atoms with E-state index in [0.29, 0.717) is 24.8 Å². The van der Waals surface area contributed by atoms with Crippen LogP contribution >= 0.6 is 0 Å². The molecule has 4 heterocycles. The molecule has 2 fully saturated rings. The van der Waals surface area contributed by atoms with E-state index in [1.54, 1.807) is 0 Å². The van der Waals surface area contributed by atoms with Gasteiger partial charge in [-0.2, -0.15) is 0 Å². The van der Waals surface area contributed by atoms with Crippen molar-refractivity contribution in [1.82, 2.24) is 15.3 Å². The zero-order chi connectivity index (χ0) is 29.2. The molecule has 3 aliphatic rings. The quantitative estimate of drug-likeness (QED) is 0.322. The van der Waals surface area contributed by atoms with Crippen molar-refractivity contribution < 1.29 is 23.8 Å². The third-order valence-electron chi connectivity index (χ3n) is 8.47. The molecule has 4 aromatic rings. The zero-order valence-electron chi connectivity index (χ0n) is 24.0. The first kappa shape index (κ1) is 27.4. The maximum absolute atomic E-state index is 13.3. The molecule has 0 unspecified atom stereocenters. The van der Waals surface area contributed by atoms with Crippen molar-refractivity contribution in [3.8, 4) is 17.1 Å². The maximum Gasteiger partial charge on any atom is 0.258 e. The Hall–Kier alpha value is -4.41. The van der Waals surface area contributed by atoms with Crippen LogP contribution in [0.3, 0.4) is 0 Å². The zero-order valence-corrected chi connectivity index (χ0v) is 24.0. The summed E-state index contributed by atoms with van der Waals surface area (Å²) in [7, 11) is 0. The summed E-state index contributed by atoms with van der Waals surface area (Å²) in [5, 5.41) is 2.96. The second-order valence-electron chi connectivity index (χ2n) is 11.3. The van der Waals surface area contributed by atoms with Gasteiger partial charge in [-0.3, -0.25) is 9.59 Å². The molecular weight excluding hydrogens is 546 g/mol. The molecule has 1 aromatic heterocycles. The minimum Gasteiger partial charge on any atom is -0.484 e. The third-order valence-corrected chi connectivity index (χ3v) is 8.47. The van der Waals surface area contributed by atoms with Gasteiger partial charge in [0, 0.05) is 55.3 Å². The monoisotopic (exact) mass is 581 g/mol. The summed E-state index contributed by atoms with van der Waals surface area (Å²) in [5.74, 6) is 1.69. The number of nitrogens with zero attached hydrogens (tertiary/aromatic N) is 3. The molecular formula is C33H35N5O5. The molecule has 0 radical (unpaired) electrons. The van der Waals surface area contributed by atoms with E-state index < -0.39 is 0 Å². The van der Waals surface area contributed by atoms with Crippen LogP contribution in [0.15, 0.2) is 60.7 Å². The highest BCUT2D eigenvalue weighted by molar-refractivity contribution is 6.10. The Labute approximate surface area is 249 Å². The van der Waals surface area contributed by atoms with Crippen molar-refractivity contribution in [1.29, 1.82) is 0 Å². The molecule has 10 nitrogen and oxygen atoms in total. The third kappa shape index (κ3) is 5.93. The van der Waals surface area contributed by atoms with Gasteiger partial charge < -0.3 is 34.3 Å². The molecule has 0 aliphatic carbocycles. The average molecular weight is 582 g/mol. The van der Waals surface area contributed by atoms with E-state index >= 15 is 0 Å². The second kappa shape index (κ2) is 12.1. The fourth-order valence-corrected chi connectivity index (χ4v) is 5.95. The Balaban J connectivity index is 0.989. The predicted octanol–water partition coefficient (Wildman–Crippen LogP) is 4.15. The molecule has 3 aliphatic heterocycles. The summed E-state index contributed by atoms with van der Waals surface area (Å²) in [4.78, 5) is 37.8. The highest BCUT2D eigenvalue weighted by atomic mass is 16.5. The number of hydrogen-bond acceptors (Lipinski definition) is 7. The number of imidazole rings is 1. The molecule has 2 N–H and O–H groups in total. The largest absolute Gasteiger partial charge is 0.484 e. The van der Waals surface area contributed by atoms with E-state index in [-0.39, 0.29) is 18.4 Å². The lowest BCUT2D eigenvalue weighted by Gasteiger charge is -2.29. The molecule has 43 heavy (non-hydrogen) atoms. The van der Waals surface area contributed by atoms with E-state index in [1.807, 2.05) is 59.5 Å². The van der Waals surface area contributed by atoms with Gasteiger partial charge in [0.2, 0.25) is 0 Å². The van der Waals surface area contributed by atoms with Crippen molar-refractivity contribution in [2.24, 2.45) is 5.92 Å². The highest BCUT2D eigenvalue weighted by Gasteiger charge is 2.29. The lowest BCUT2D eigenvalue weighted by atomic mass is 10.0. The number of rotatable bonds is 8. The number of anilines is 2. The summed E-state index contributed by atoms with van der Waals surface area (Å²) < 4.78 is 16.5. The van der Waals surface area contributed by atoms with Crippen LogP contribution in [0.5, 0.6) is 5.75 Å². The minimum absolute atomic E-state index is 0.00970. The summed E-state index contributed by atoms with van der Waals surface area (Å²) in [6.07, 6.45) is 1.96. The summed E-state index contributed by atoms with van der Waals surface area (Å²) >= 11 is 0. The number of morpholine rings is 1. The van der Waals surface area contributed by atoms with Gasteiger partial charge in [-0.25, -0.2) is 4.98 Å². The van der Waals surface area contributed by atoms with Gasteiger partial charge in [0.15, 0.2) is 6.61 Å². The van der Waals surface area contributed by atoms with Gasteiger partial charge in [0.05, 0.1) is 30.8 Å². The predicted molar refractivity (Wildman–Crippen MR) is 164 cm³/mol. The van der Waals surface area contributed by atoms with Crippen LogP contribution in [0, 0.1) is 5.92 Å². The summed E-state index contributed by atoms with van der Waals surface area (Å²) in [5.41, 5.74) is 6.33. The standard InChI is InChI=1S/C33H35N5O5/c39-31(34-19-22-9-13-41-14-10-22)21-43-27-5-1-23(2-6-27)32-35-29-8-4-26(18-30(29)36-32)38-20-24-17-25(3-7-28(24)33(38)40)37-11-15-42-16-12-37/h1-8,17-18,22H,9-16,19-21H2,(H,34,39)(H,35,36). The van der Waals surface area contributed by atoms with Crippen LogP contribution in [0.2, 0.25) is 0 Å². The number of aromatic nitrogens is 2. The van der Waals surface area contributed by atoms with Crippen LogP contribution in [-0.2, 0) is 20.8 Å². The van der Waals surface area contributed by atoms with Crippen molar-refractivity contribution in [3.63, 3.8) is 0 Å². The van der Waals surface area contributed by atoms with Gasteiger partial charge in [-0.05, 0) is 85.0 Å². The molecule has 222 valence electrons. The maximum atomic E-state index is 13.3. The van der Waals surface area contributed by atoms with Gasteiger partial charge in [0.1, 0.15) is 11.6 Å². The Morgan fingerprint density at radius 3 is 2.53 bits per heavy atom. The fraction of sp³-hybridized carbons (Fsp3) is 0.364. The van der Waals surface area contributed by atoms with Crippen LogP contribution < -0.4 is 19.9 Å². The number of amides is 2. The molecule has 2 amide bonds. The van der Waals surface area contributed by atoms with Crippen LogP contribution in [-0.4, -0.2) is 74.5 Å². The number of fused-ring (bicyclic) bond motifs is 2. The van der Waals surface area contributed by atoms with Crippen LogP contribution in [0.25, 0.3) is 22.4 Å². The number of H-pyrrole nitrogens is 1. The highest BCUT2D eigenvalue weighted by Crippen LogP contribution is 2.33. The normalized spacial score (nSPS) is 17.3. The smallest absolute Gasteiger partial charge is 0.258 e. The Morgan fingerprint density at radius 2 is 1.72 bits per heavy atom.